The molecule has 0 saturated carbocycles. The van der Waals surface area contributed by atoms with Crippen LogP contribution in [0.15, 0.2) is 17.2 Å². The number of aromatic nitrogens is 2. The number of rotatable bonds is 4. The molecule has 100 valence electrons. The molecule has 5 nitrogen and oxygen atoms in total. The minimum absolute atomic E-state index is 0.00167. The average molecular weight is 251 g/mol. The van der Waals surface area contributed by atoms with Gasteiger partial charge in [-0.25, -0.2) is 4.98 Å². The van der Waals surface area contributed by atoms with Gasteiger partial charge in [-0.1, -0.05) is 6.92 Å². The normalized spacial score (nSPS) is 17.1. The lowest BCUT2D eigenvalue weighted by Crippen LogP contribution is -2.39. The summed E-state index contributed by atoms with van der Waals surface area (Å²) in [6.45, 7) is 4.66. The molecule has 2 heterocycles. The highest BCUT2D eigenvalue weighted by Gasteiger charge is 2.21. The van der Waals surface area contributed by atoms with Crippen molar-refractivity contribution in [1.82, 2.24) is 9.55 Å². The fraction of sp³-hybridized carbons (Fsp3) is 0.692. The number of anilines is 1. The van der Waals surface area contributed by atoms with E-state index in [2.05, 4.69) is 11.9 Å². The zero-order chi connectivity index (χ0) is 13.0. The van der Waals surface area contributed by atoms with Crippen molar-refractivity contribution < 1.29 is 5.11 Å². The van der Waals surface area contributed by atoms with E-state index in [0.717, 1.165) is 38.9 Å². The van der Waals surface area contributed by atoms with Crippen LogP contribution in [0.5, 0.6) is 0 Å². The second-order valence-electron chi connectivity index (χ2n) is 4.86. The fourth-order valence-corrected chi connectivity index (χ4v) is 2.40. The molecular formula is C13H21N3O2. The Hall–Kier alpha value is -1.36. The first-order valence-electron chi connectivity index (χ1n) is 6.67. The largest absolute Gasteiger partial charge is 0.396 e. The van der Waals surface area contributed by atoms with Gasteiger partial charge in [0.2, 0.25) is 0 Å². The minimum atomic E-state index is 0.00167. The smallest absolute Gasteiger partial charge is 0.293 e. The van der Waals surface area contributed by atoms with Crippen LogP contribution in [0.25, 0.3) is 0 Å². The fourth-order valence-electron chi connectivity index (χ4n) is 2.40. The van der Waals surface area contributed by atoms with Crippen LogP contribution in [0, 0.1) is 5.92 Å². The second-order valence-corrected chi connectivity index (χ2v) is 4.86. The van der Waals surface area contributed by atoms with Crippen molar-refractivity contribution in [3.8, 4) is 0 Å². The van der Waals surface area contributed by atoms with Crippen molar-refractivity contribution in [3.05, 3.63) is 22.7 Å². The molecule has 18 heavy (non-hydrogen) atoms. The van der Waals surface area contributed by atoms with Crippen LogP contribution in [-0.4, -0.2) is 34.4 Å². The van der Waals surface area contributed by atoms with E-state index in [9.17, 15) is 4.79 Å². The summed E-state index contributed by atoms with van der Waals surface area (Å²) in [5.74, 6) is 0.935. The van der Waals surface area contributed by atoms with E-state index in [1.807, 2.05) is 4.90 Å². The Labute approximate surface area is 107 Å². The maximum Gasteiger partial charge on any atom is 0.293 e. The summed E-state index contributed by atoms with van der Waals surface area (Å²) >= 11 is 0. The molecule has 2 rings (SSSR count). The van der Waals surface area contributed by atoms with Gasteiger partial charge >= 0.3 is 0 Å². The van der Waals surface area contributed by atoms with Crippen LogP contribution < -0.4 is 10.5 Å². The van der Waals surface area contributed by atoms with Gasteiger partial charge in [-0.2, -0.15) is 0 Å². The molecule has 1 N–H and O–H groups in total. The monoisotopic (exact) mass is 251 g/mol. The summed E-state index contributed by atoms with van der Waals surface area (Å²) in [4.78, 5) is 18.5. The third kappa shape index (κ3) is 2.72. The average Bonchev–Trinajstić information content (AvgIpc) is 2.42. The zero-order valence-corrected chi connectivity index (χ0v) is 10.9. The Morgan fingerprint density at radius 1 is 1.44 bits per heavy atom. The second kappa shape index (κ2) is 6.00. The SMILES string of the molecule is CCCn1ccnc(N2CCC(CO)CC2)c1=O. The summed E-state index contributed by atoms with van der Waals surface area (Å²) in [6, 6.07) is 0. The maximum atomic E-state index is 12.2. The predicted octanol–water partition coefficient (Wildman–Crippen LogP) is 0.862. The summed E-state index contributed by atoms with van der Waals surface area (Å²) < 4.78 is 1.72. The first kappa shape index (κ1) is 13.1. The first-order chi connectivity index (χ1) is 8.76. The summed E-state index contributed by atoms with van der Waals surface area (Å²) in [6.07, 6.45) is 6.25. The Morgan fingerprint density at radius 3 is 2.78 bits per heavy atom. The Bertz CT molecular complexity index is 436. The van der Waals surface area contributed by atoms with Crippen LogP contribution in [0.4, 0.5) is 5.82 Å². The molecule has 0 bridgehead atoms. The molecule has 1 saturated heterocycles. The van der Waals surface area contributed by atoms with E-state index in [0.29, 0.717) is 11.7 Å². The lowest BCUT2D eigenvalue weighted by molar-refractivity contribution is 0.202. The van der Waals surface area contributed by atoms with Gasteiger partial charge in [0.05, 0.1) is 0 Å². The molecule has 1 aromatic heterocycles. The minimum Gasteiger partial charge on any atom is -0.396 e. The molecule has 0 spiro atoms. The number of nitrogens with zero attached hydrogens (tertiary/aromatic N) is 3. The van der Waals surface area contributed by atoms with Crippen molar-refractivity contribution in [3.63, 3.8) is 0 Å². The summed E-state index contributed by atoms with van der Waals surface area (Å²) in [7, 11) is 0. The highest BCUT2D eigenvalue weighted by atomic mass is 16.3. The Balaban J connectivity index is 2.14. The molecule has 1 aliphatic heterocycles. The molecule has 0 aliphatic carbocycles. The highest BCUT2D eigenvalue weighted by Crippen LogP contribution is 2.18. The third-order valence-corrected chi connectivity index (χ3v) is 3.53. The third-order valence-electron chi connectivity index (χ3n) is 3.53. The lowest BCUT2D eigenvalue weighted by Gasteiger charge is -2.31. The Kier molecular flexibility index (Phi) is 4.36. The van der Waals surface area contributed by atoms with Gasteiger partial charge in [-0.3, -0.25) is 4.79 Å². The molecular weight excluding hydrogens is 230 g/mol. The van der Waals surface area contributed by atoms with Gasteiger partial charge in [0, 0.05) is 38.6 Å². The zero-order valence-electron chi connectivity index (χ0n) is 10.9. The van der Waals surface area contributed by atoms with Crippen LogP contribution in [0.1, 0.15) is 26.2 Å². The van der Waals surface area contributed by atoms with Gasteiger partial charge in [0.25, 0.3) is 5.56 Å². The van der Waals surface area contributed by atoms with E-state index in [4.69, 9.17) is 5.11 Å². The predicted molar refractivity (Wildman–Crippen MR) is 70.8 cm³/mol. The van der Waals surface area contributed by atoms with Crippen molar-refractivity contribution in [1.29, 1.82) is 0 Å². The van der Waals surface area contributed by atoms with Crippen LogP contribution in [0.3, 0.4) is 0 Å². The number of aliphatic hydroxyl groups excluding tert-OH is 1. The van der Waals surface area contributed by atoms with Crippen molar-refractivity contribution in [2.45, 2.75) is 32.7 Å². The number of hydrogen-bond donors (Lipinski definition) is 1. The van der Waals surface area contributed by atoms with Gasteiger partial charge < -0.3 is 14.6 Å². The van der Waals surface area contributed by atoms with Gasteiger partial charge in [0.15, 0.2) is 5.82 Å². The van der Waals surface area contributed by atoms with Crippen LogP contribution >= 0.6 is 0 Å². The number of aryl methyl sites for hydroxylation is 1. The lowest BCUT2D eigenvalue weighted by atomic mass is 9.98. The maximum absolute atomic E-state index is 12.2. The Morgan fingerprint density at radius 2 is 2.17 bits per heavy atom. The molecule has 0 aromatic carbocycles. The van der Waals surface area contributed by atoms with E-state index < -0.39 is 0 Å². The molecule has 0 unspecified atom stereocenters. The molecule has 1 aromatic rings. The van der Waals surface area contributed by atoms with E-state index >= 15 is 0 Å². The molecule has 1 aliphatic rings. The van der Waals surface area contributed by atoms with E-state index in [1.54, 1.807) is 17.0 Å². The number of hydrogen-bond acceptors (Lipinski definition) is 4. The topological polar surface area (TPSA) is 58.4 Å². The standard InChI is InChI=1S/C13H21N3O2/c1-2-6-16-9-5-14-12(13(16)18)15-7-3-11(10-17)4-8-15/h5,9,11,17H,2-4,6-8,10H2,1H3. The van der Waals surface area contributed by atoms with Gasteiger partial charge in [0.1, 0.15) is 0 Å². The van der Waals surface area contributed by atoms with Gasteiger partial charge in [-0.15, -0.1) is 0 Å². The number of aliphatic hydroxyl groups is 1. The highest BCUT2D eigenvalue weighted by molar-refractivity contribution is 5.36. The molecule has 0 radical (unpaired) electrons. The van der Waals surface area contributed by atoms with E-state index in [-0.39, 0.29) is 12.2 Å². The first-order valence-corrected chi connectivity index (χ1v) is 6.67. The molecule has 0 atom stereocenters. The number of piperidine rings is 1. The van der Waals surface area contributed by atoms with Crippen molar-refractivity contribution in [2.75, 3.05) is 24.6 Å². The van der Waals surface area contributed by atoms with Gasteiger partial charge in [-0.05, 0) is 25.2 Å². The van der Waals surface area contributed by atoms with Crippen LogP contribution in [-0.2, 0) is 6.54 Å². The summed E-state index contributed by atoms with van der Waals surface area (Å²) in [5.41, 5.74) is 0.00167. The molecule has 5 heteroatoms. The molecule has 1 fully saturated rings. The summed E-state index contributed by atoms with van der Waals surface area (Å²) in [5, 5.41) is 9.12. The van der Waals surface area contributed by atoms with E-state index in [1.165, 1.54) is 0 Å². The van der Waals surface area contributed by atoms with Crippen molar-refractivity contribution in [2.24, 2.45) is 5.92 Å². The van der Waals surface area contributed by atoms with Crippen molar-refractivity contribution >= 4 is 5.82 Å². The quantitative estimate of drug-likeness (QED) is 0.862. The molecule has 0 amide bonds. The van der Waals surface area contributed by atoms with Crippen LogP contribution in [0.2, 0.25) is 0 Å².